The predicted molar refractivity (Wildman–Crippen MR) is 41.8 cm³/mol. The molecule has 0 fully saturated rings. The minimum absolute atomic E-state index is 0. The van der Waals surface area contributed by atoms with Gasteiger partial charge in [0.2, 0.25) is 0 Å². The van der Waals surface area contributed by atoms with Crippen molar-refractivity contribution in [2.24, 2.45) is 5.73 Å². The van der Waals surface area contributed by atoms with Crippen LogP contribution < -0.4 is 40.6 Å². The SMILES string of the molecule is C/C=C(\CC)C(=O)NC(N)=O.[Na+]. The van der Waals surface area contributed by atoms with Crippen molar-refractivity contribution in [2.45, 2.75) is 20.3 Å². The Morgan fingerprint density at radius 2 is 2.00 bits per heavy atom. The zero-order chi connectivity index (χ0) is 8.85. The second kappa shape index (κ2) is 7.34. The average molecular weight is 179 g/mol. The zero-order valence-electron chi connectivity index (χ0n) is 7.68. The van der Waals surface area contributed by atoms with Gasteiger partial charge in [-0.15, -0.1) is 0 Å². The summed E-state index contributed by atoms with van der Waals surface area (Å²) in [6.45, 7) is 3.56. The van der Waals surface area contributed by atoms with E-state index in [0.29, 0.717) is 12.0 Å². The summed E-state index contributed by atoms with van der Waals surface area (Å²) in [5.74, 6) is -0.414. The molecule has 0 aromatic heterocycles. The molecular weight excluding hydrogens is 167 g/mol. The van der Waals surface area contributed by atoms with Crippen LogP contribution in [0.3, 0.4) is 0 Å². The molecule has 0 aliphatic carbocycles. The van der Waals surface area contributed by atoms with Crippen molar-refractivity contribution in [1.82, 2.24) is 5.32 Å². The molecule has 3 N–H and O–H groups in total. The van der Waals surface area contributed by atoms with Gasteiger partial charge in [0.15, 0.2) is 0 Å². The molecule has 3 amide bonds. The van der Waals surface area contributed by atoms with Crippen LogP contribution in [0.2, 0.25) is 0 Å². The fourth-order valence-electron chi connectivity index (χ4n) is 0.688. The Morgan fingerprint density at radius 1 is 1.50 bits per heavy atom. The van der Waals surface area contributed by atoms with Crippen molar-refractivity contribution in [2.75, 3.05) is 0 Å². The van der Waals surface area contributed by atoms with Gasteiger partial charge in [0.05, 0.1) is 0 Å². The van der Waals surface area contributed by atoms with Gasteiger partial charge in [-0.25, -0.2) is 4.79 Å². The Labute approximate surface area is 93.9 Å². The largest absolute Gasteiger partial charge is 1.00 e. The van der Waals surface area contributed by atoms with E-state index in [9.17, 15) is 9.59 Å². The smallest absolute Gasteiger partial charge is 0.351 e. The van der Waals surface area contributed by atoms with Gasteiger partial charge in [-0.3, -0.25) is 10.1 Å². The first kappa shape index (κ1) is 14.2. The van der Waals surface area contributed by atoms with Crippen molar-refractivity contribution < 1.29 is 39.1 Å². The fourth-order valence-corrected chi connectivity index (χ4v) is 0.688. The number of nitrogens with two attached hydrogens (primary N) is 1. The topological polar surface area (TPSA) is 72.2 Å². The van der Waals surface area contributed by atoms with Gasteiger partial charge in [-0.1, -0.05) is 13.0 Å². The van der Waals surface area contributed by atoms with Crippen LogP contribution in [0.1, 0.15) is 20.3 Å². The van der Waals surface area contributed by atoms with Crippen molar-refractivity contribution in [3.05, 3.63) is 11.6 Å². The summed E-state index contributed by atoms with van der Waals surface area (Å²) in [6.07, 6.45) is 2.24. The quantitative estimate of drug-likeness (QED) is 0.364. The molecule has 4 nitrogen and oxygen atoms in total. The molecule has 0 unspecified atom stereocenters. The third-order valence-electron chi connectivity index (χ3n) is 1.26. The van der Waals surface area contributed by atoms with E-state index >= 15 is 0 Å². The first-order valence-electron chi connectivity index (χ1n) is 3.37. The maximum absolute atomic E-state index is 10.9. The summed E-state index contributed by atoms with van der Waals surface area (Å²) >= 11 is 0. The summed E-state index contributed by atoms with van der Waals surface area (Å²) in [6, 6.07) is -0.817. The van der Waals surface area contributed by atoms with Crippen LogP contribution in [0, 0.1) is 0 Å². The zero-order valence-corrected chi connectivity index (χ0v) is 9.68. The number of hydrogen-bond acceptors (Lipinski definition) is 2. The second-order valence-corrected chi connectivity index (χ2v) is 1.99. The van der Waals surface area contributed by atoms with Crippen LogP contribution in [-0.4, -0.2) is 11.9 Å². The molecule has 0 aliphatic heterocycles. The number of urea groups is 1. The van der Waals surface area contributed by atoms with E-state index in [2.05, 4.69) is 0 Å². The first-order chi connectivity index (χ1) is 5.11. The van der Waals surface area contributed by atoms with Gasteiger partial charge in [-0.2, -0.15) is 0 Å². The summed E-state index contributed by atoms with van der Waals surface area (Å²) < 4.78 is 0. The van der Waals surface area contributed by atoms with Crippen LogP contribution >= 0.6 is 0 Å². The number of imide groups is 1. The number of carbonyl (C=O) groups is 2. The molecule has 12 heavy (non-hydrogen) atoms. The van der Waals surface area contributed by atoms with Crippen molar-refractivity contribution >= 4 is 11.9 Å². The van der Waals surface area contributed by atoms with Crippen molar-refractivity contribution in [1.29, 1.82) is 0 Å². The van der Waals surface area contributed by atoms with Gasteiger partial charge in [0, 0.05) is 5.57 Å². The van der Waals surface area contributed by atoms with Crippen LogP contribution in [0.5, 0.6) is 0 Å². The Morgan fingerprint density at radius 3 is 2.25 bits per heavy atom. The van der Waals surface area contributed by atoms with Gasteiger partial charge in [0.25, 0.3) is 5.91 Å². The van der Waals surface area contributed by atoms with Crippen LogP contribution in [0.4, 0.5) is 4.79 Å². The molecule has 0 aromatic rings. The fraction of sp³-hybridized carbons (Fsp3) is 0.429. The number of rotatable bonds is 2. The number of carbonyl (C=O) groups excluding carboxylic acids is 2. The van der Waals surface area contributed by atoms with E-state index in [0.717, 1.165) is 0 Å². The second-order valence-electron chi connectivity index (χ2n) is 1.99. The molecule has 0 aromatic carbocycles. The summed E-state index contributed by atoms with van der Waals surface area (Å²) in [5.41, 5.74) is 5.30. The van der Waals surface area contributed by atoms with E-state index in [1.165, 1.54) is 0 Å². The van der Waals surface area contributed by atoms with Crippen LogP contribution in [0.15, 0.2) is 11.6 Å². The summed E-state index contributed by atoms with van der Waals surface area (Å²) in [5, 5.41) is 1.98. The van der Waals surface area contributed by atoms with E-state index in [-0.39, 0.29) is 29.6 Å². The molecule has 0 heterocycles. The van der Waals surface area contributed by atoms with Gasteiger partial charge < -0.3 is 5.73 Å². The minimum atomic E-state index is -0.817. The van der Waals surface area contributed by atoms with Gasteiger partial charge >= 0.3 is 35.6 Å². The predicted octanol–water partition coefficient (Wildman–Crippen LogP) is -2.46. The van der Waals surface area contributed by atoms with Gasteiger partial charge in [0.1, 0.15) is 0 Å². The average Bonchev–Trinajstić information content (AvgIpc) is 1.88. The number of hydrogen-bond donors (Lipinski definition) is 2. The monoisotopic (exact) mass is 179 g/mol. The molecule has 0 atom stereocenters. The number of allylic oxidation sites excluding steroid dienone is 1. The molecule has 5 heteroatoms. The Kier molecular flexibility index (Phi) is 8.69. The van der Waals surface area contributed by atoms with Crippen molar-refractivity contribution in [3.8, 4) is 0 Å². The first-order valence-corrected chi connectivity index (χ1v) is 3.37. The molecule has 0 aliphatic rings. The molecular formula is C7H12N2NaO2+. The molecule has 0 bridgehead atoms. The van der Waals surface area contributed by atoms with Crippen LogP contribution in [-0.2, 0) is 4.79 Å². The van der Waals surface area contributed by atoms with E-state index < -0.39 is 11.9 Å². The van der Waals surface area contributed by atoms with Crippen molar-refractivity contribution in [3.63, 3.8) is 0 Å². The normalized spacial score (nSPS) is 10.0. The third-order valence-corrected chi connectivity index (χ3v) is 1.26. The molecule has 0 spiro atoms. The molecule has 0 radical (unpaired) electrons. The summed E-state index contributed by atoms with van der Waals surface area (Å²) in [7, 11) is 0. The molecule has 62 valence electrons. The Bertz CT molecular complexity index is 202. The molecule has 0 saturated carbocycles. The Hall–Kier alpha value is -0.320. The summed E-state index contributed by atoms with van der Waals surface area (Å²) in [4.78, 5) is 21.1. The molecule has 0 rings (SSSR count). The Balaban J connectivity index is 0. The molecule has 0 saturated heterocycles. The maximum atomic E-state index is 10.9. The minimum Gasteiger partial charge on any atom is -0.351 e. The number of amides is 3. The standard InChI is InChI=1S/C7H12N2O2.Na/c1-3-5(4-2)6(10)9-7(8)11;/h3H,4H2,1-2H3,(H3,8,9,10,11);/q;+1/b5-3+;. The van der Waals surface area contributed by atoms with E-state index in [1.54, 1.807) is 13.0 Å². The van der Waals surface area contributed by atoms with E-state index in [1.807, 2.05) is 12.2 Å². The number of nitrogens with one attached hydrogen (secondary N) is 1. The van der Waals surface area contributed by atoms with Crippen LogP contribution in [0.25, 0.3) is 0 Å². The maximum Gasteiger partial charge on any atom is 1.00 e. The van der Waals surface area contributed by atoms with E-state index in [4.69, 9.17) is 5.73 Å². The number of primary amides is 1. The third kappa shape index (κ3) is 5.35. The van der Waals surface area contributed by atoms with Gasteiger partial charge in [-0.05, 0) is 13.3 Å².